The standard InChI is InChI=1S/C10H13NO3S/c1-7(12)11-9(10(13)14-2)5-8-3-4-15-6-8/h3-4,6,9H,5H2,1-2H3,(H,11,12)/t9-/m0/s1. The molecule has 5 heteroatoms. The first-order valence-electron chi connectivity index (χ1n) is 4.49. The van der Waals surface area contributed by atoms with Crippen molar-refractivity contribution in [3.63, 3.8) is 0 Å². The smallest absolute Gasteiger partial charge is 0.328 e. The summed E-state index contributed by atoms with van der Waals surface area (Å²) in [6, 6.07) is 1.32. The van der Waals surface area contributed by atoms with Gasteiger partial charge in [0.15, 0.2) is 0 Å². The minimum Gasteiger partial charge on any atom is -0.467 e. The highest BCUT2D eigenvalue weighted by Gasteiger charge is 2.20. The second-order valence-electron chi connectivity index (χ2n) is 3.11. The van der Waals surface area contributed by atoms with Crippen LogP contribution in [0.4, 0.5) is 0 Å². The quantitative estimate of drug-likeness (QED) is 0.780. The number of esters is 1. The van der Waals surface area contributed by atoms with Crippen molar-refractivity contribution in [2.45, 2.75) is 19.4 Å². The number of amides is 1. The van der Waals surface area contributed by atoms with Crippen molar-refractivity contribution in [1.29, 1.82) is 0 Å². The molecule has 0 aliphatic carbocycles. The molecule has 1 rings (SSSR count). The van der Waals surface area contributed by atoms with Gasteiger partial charge in [0.25, 0.3) is 0 Å². The molecule has 15 heavy (non-hydrogen) atoms. The number of hydrogen-bond acceptors (Lipinski definition) is 4. The number of methoxy groups -OCH3 is 1. The zero-order valence-electron chi connectivity index (χ0n) is 8.65. The molecule has 4 nitrogen and oxygen atoms in total. The van der Waals surface area contributed by atoms with Crippen molar-refractivity contribution < 1.29 is 14.3 Å². The molecule has 0 fully saturated rings. The predicted octanol–water partition coefficient (Wildman–Crippen LogP) is 0.968. The Bertz CT molecular complexity index is 334. The monoisotopic (exact) mass is 227 g/mol. The van der Waals surface area contributed by atoms with E-state index in [1.165, 1.54) is 14.0 Å². The highest BCUT2D eigenvalue weighted by atomic mass is 32.1. The summed E-state index contributed by atoms with van der Waals surface area (Å²) < 4.78 is 4.61. The number of hydrogen-bond donors (Lipinski definition) is 1. The van der Waals surface area contributed by atoms with E-state index in [0.717, 1.165) is 5.56 Å². The van der Waals surface area contributed by atoms with Crippen LogP contribution in [0.25, 0.3) is 0 Å². The molecule has 1 aromatic rings. The molecule has 82 valence electrons. The molecule has 1 heterocycles. The van der Waals surface area contributed by atoms with Crippen LogP contribution < -0.4 is 5.32 Å². The molecule has 0 aromatic carbocycles. The van der Waals surface area contributed by atoms with Crippen LogP contribution in [0.3, 0.4) is 0 Å². The topological polar surface area (TPSA) is 55.4 Å². The van der Waals surface area contributed by atoms with Gasteiger partial charge in [-0.3, -0.25) is 4.79 Å². The number of thiophene rings is 1. The maximum absolute atomic E-state index is 11.3. The largest absolute Gasteiger partial charge is 0.467 e. The van der Waals surface area contributed by atoms with E-state index in [9.17, 15) is 9.59 Å². The maximum atomic E-state index is 11.3. The lowest BCUT2D eigenvalue weighted by molar-refractivity contribution is -0.144. The number of ether oxygens (including phenoxy) is 1. The van der Waals surface area contributed by atoms with Crippen LogP contribution in [-0.4, -0.2) is 25.0 Å². The second kappa shape index (κ2) is 5.50. The lowest BCUT2D eigenvalue weighted by atomic mass is 10.1. The van der Waals surface area contributed by atoms with E-state index in [4.69, 9.17) is 0 Å². The van der Waals surface area contributed by atoms with Gasteiger partial charge in [0, 0.05) is 13.3 Å². The highest BCUT2D eigenvalue weighted by molar-refractivity contribution is 7.07. The molecule has 0 unspecified atom stereocenters. The minimum absolute atomic E-state index is 0.236. The fraction of sp³-hybridized carbons (Fsp3) is 0.400. The van der Waals surface area contributed by atoms with Gasteiger partial charge in [0.05, 0.1) is 7.11 Å². The van der Waals surface area contributed by atoms with Gasteiger partial charge >= 0.3 is 5.97 Å². The van der Waals surface area contributed by atoms with Crippen molar-refractivity contribution in [2.24, 2.45) is 0 Å². The third kappa shape index (κ3) is 3.71. The van der Waals surface area contributed by atoms with Gasteiger partial charge in [-0.1, -0.05) is 0 Å². The van der Waals surface area contributed by atoms with Crippen molar-refractivity contribution in [3.05, 3.63) is 22.4 Å². The number of nitrogens with one attached hydrogen (secondary N) is 1. The van der Waals surface area contributed by atoms with Crippen LogP contribution >= 0.6 is 11.3 Å². The fourth-order valence-electron chi connectivity index (χ4n) is 1.23. The zero-order valence-corrected chi connectivity index (χ0v) is 9.47. The number of carbonyl (C=O) groups is 2. The van der Waals surface area contributed by atoms with Gasteiger partial charge in [0.2, 0.25) is 5.91 Å². The predicted molar refractivity (Wildman–Crippen MR) is 57.6 cm³/mol. The summed E-state index contributed by atoms with van der Waals surface area (Å²) in [6.07, 6.45) is 0.468. The van der Waals surface area contributed by atoms with E-state index < -0.39 is 12.0 Å². The Morgan fingerprint density at radius 3 is 2.80 bits per heavy atom. The maximum Gasteiger partial charge on any atom is 0.328 e. The third-order valence-electron chi connectivity index (χ3n) is 1.88. The number of carbonyl (C=O) groups excluding carboxylic acids is 2. The summed E-state index contributed by atoms with van der Waals surface area (Å²) in [5.74, 6) is -0.656. The lowest BCUT2D eigenvalue weighted by Crippen LogP contribution is -2.41. The molecular weight excluding hydrogens is 214 g/mol. The average Bonchev–Trinajstić information content (AvgIpc) is 2.67. The summed E-state index contributed by atoms with van der Waals surface area (Å²) in [4.78, 5) is 22.2. The van der Waals surface area contributed by atoms with Crippen molar-refractivity contribution in [3.8, 4) is 0 Å². The normalized spacial score (nSPS) is 11.9. The molecular formula is C10H13NO3S. The highest BCUT2D eigenvalue weighted by Crippen LogP contribution is 2.09. The van der Waals surface area contributed by atoms with Gasteiger partial charge in [-0.25, -0.2) is 4.79 Å². The van der Waals surface area contributed by atoms with Gasteiger partial charge in [0.1, 0.15) is 6.04 Å². The first-order valence-corrected chi connectivity index (χ1v) is 5.43. The Kier molecular flexibility index (Phi) is 4.30. The van der Waals surface area contributed by atoms with Gasteiger partial charge in [-0.05, 0) is 22.4 Å². The Balaban J connectivity index is 2.64. The Morgan fingerprint density at radius 1 is 1.60 bits per heavy atom. The Hall–Kier alpha value is -1.36. The molecule has 1 aromatic heterocycles. The van der Waals surface area contributed by atoms with E-state index in [1.807, 2.05) is 16.8 Å². The molecule has 1 atom stereocenters. The molecule has 1 amide bonds. The van der Waals surface area contributed by atoms with E-state index in [2.05, 4.69) is 10.1 Å². The molecule has 0 saturated heterocycles. The minimum atomic E-state index is -0.595. The summed E-state index contributed by atoms with van der Waals surface area (Å²) in [5, 5.41) is 6.43. The number of rotatable bonds is 4. The molecule has 0 aliphatic rings. The molecule has 0 saturated carbocycles. The van der Waals surface area contributed by atoms with Crippen molar-refractivity contribution in [2.75, 3.05) is 7.11 Å². The molecule has 1 N–H and O–H groups in total. The summed E-state index contributed by atoms with van der Waals surface area (Å²) in [6.45, 7) is 1.38. The Morgan fingerprint density at radius 2 is 2.33 bits per heavy atom. The SMILES string of the molecule is COC(=O)[C@H](Cc1ccsc1)NC(C)=O. The molecule has 0 radical (unpaired) electrons. The van der Waals surface area contributed by atoms with Crippen LogP contribution in [0.1, 0.15) is 12.5 Å². The van der Waals surface area contributed by atoms with E-state index in [0.29, 0.717) is 6.42 Å². The van der Waals surface area contributed by atoms with Crippen LogP contribution in [0, 0.1) is 0 Å². The van der Waals surface area contributed by atoms with Gasteiger partial charge < -0.3 is 10.1 Å². The van der Waals surface area contributed by atoms with E-state index in [1.54, 1.807) is 11.3 Å². The van der Waals surface area contributed by atoms with Crippen LogP contribution in [0.5, 0.6) is 0 Å². The zero-order chi connectivity index (χ0) is 11.3. The van der Waals surface area contributed by atoms with Gasteiger partial charge in [-0.2, -0.15) is 11.3 Å². The molecule has 0 aliphatic heterocycles. The van der Waals surface area contributed by atoms with Crippen LogP contribution in [-0.2, 0) is 20.7 Å². The fourth-order valence-corrected chi connectivity index (χ4v) is 1.91. The summed E-state index contributed by atoms with van der Waals surface area (Å²) in [5.41, 5.74) is 1.02. The Labute approximate surface area is 92.2 Å². The van der Waals surface area contributed by atoms with Gasteiger partial charge in [-0.15, -0.1) is 0 Å². The molecule has 0 bridgehead atoms. The van der Waals surface area contributed by atoms with E-state index in [-0.39, 0.29) is 5.91 Å². The average molecular weight is 227 g/mol. The molecule has 0 spiro atoms. The van der Waals surface area contributed by atoms with E-state index >= 15 is 0 Å². The van der Waals surface area contributed by atoms with Crippen LogP contribution in [0.2, 0.25) is 0 Å². The van der Waals surface area contributed by atoms with Crippen molar-refractivity contribution >= 4 is 23.2 Å². The first kappa shape index (κ1) is 11.7. The summed E-state index contributed by atoms with van der Waals surface area (Å²) >= 11 is 1.55. The lowest BCUT2D eigenvalue weighted by Gasteiger charge is -2.14. The first-order chi connectivity index (χ1) is 7.13. The van der Waals surface area contributed by atoms with Crippen LogP contribution in [0.15, 0.2) is 16.8 Å². The van der Waals surface area contributed by atoms with Crippen molar-refractivity contribution in [1.82, 2.24) is 5.32 Å². The third-order valence-corrected chi connectivity index (χ3v) is 2.62. The summed E-state index contributed by atoms with van der Waals surface area (Å²) in [7, 11) is 1.31. The second-order valence-corrected chi connectivity index (χ2v) is 3.89.